The topological polar surface area (TPSA) is 88.3 Å². The SMILES string of the molecule is CC1CC(CN)CN1C(=O)c1sccc1NC(=O)c1ccncc1. The van der Waals surface area contributed by atoms with Crippen LogP contribution in [0.5, 0.6) is 0 Å². The van der Waals surface area contributed by atoms with Crippen LogP contribution in [0.4, 0.5) is 5.69 Å². The lowest BCUT2D eigenvalue weighted by molar-refractivity contribution is 0.0749. The predicted molar refractivity (Wildman–Crippen MR) is 94.2 cm³/mol. The van der Waals surface area contributed by atoms with Crippen LogP contribution < -0.4 is 11.1 Å². The number of anilines is 1. The summed E-state index contributed by atoms with van der Waals surface area (Å²) >= 11 is 1.34. The number of carbonyl (C=O) groups excluding carboxylic acids is 2. The number of pyridine rings is 1. The number of rotatable bonds is 4. The maximum absolute atomic E-state index is 12.9. The minimum Gasteiger partial charge on any atom is -0.335 e. The van der Waals surface area contributed by atoms with Crippen molar-refractivity contribution in [2.75, 3.05) is 18.4 Å². The number of nitrogens with zero attached hydrogens (tertiary/aromatic N) is 2. The summed E-state index contributed by atoms with van der Waals surface area (Å²) in [7, 11) is 0. The minimum absolute atomic E-state index is 0.0431. The Morgan fingerprint density at radius 3 is 2.79 bits per heavy atom. The molecule has 7 heteroatoms. The van der Waals surface area contributed by atoms with Gasteiger partial charge in [-0.25, -0.2) is 0 Å². The predicted octanol–water partition coefficient (Wildman–Crippen LogP) is 2.20. The summed E-state index contributed by atoms with van der Waals surface area (Å²) in [6.45, 7) is 3.30. The van der Waals surface area contributed by atoms with Gasteiger partial charge in [0.15, 0.2) is 0 Å². The number of hydrogen-bond donors (Lipinski definition) is 2. The van der Waals surface area contributed by atoms with Crippen molar-refractivity contribution >= 4 is 28.8 Å². The van der Waals surface area contributed by atoms with E-state index in [4.69, 9.17) is 5.73 Å². The van der Waals surface area contributed by atoms with Crippen molar-refractivity contribution in [1.29, 1.82) is 0 Å². The fourth-order valence-electron chi connectivity index (χ4n) is 3.00. The molecule has 0 radical (unpaired) electrons. The standard InChI is InChI=1S/C17H20N4O2S/c1-11-8-12(9-18)10-21(11)17(23)15-14(4-7-24-15)20-16(22)13-2-5-19-6-3-13/h2-7,11-12H,8-10,18H2,1H3,(H,20,22). The van der Waals surface area contributed by atoms with Crippen LogP contribution in [0.2, 0.25) is 0 Å². The highest BCUT2D eigenvalue weighted by Crippen LogP contribution is 2.29. The van der Waals surface area contributed by atoms with Crippen molar-refractivity contribution in [3.8, 4) is 0 Å². The first-order chi connectivity index (χ1) is 11.6. The van der Waals surface area contributed by atoms with E-state index in [1.165, 1.54) is 11.3 Å². The monoisotopic (exact) mass is 344 g/mol. The molecule has 0 spiro atoms. The van der Waals surface area contributed by atoms with Gasteiger partial charge in [0.25, 0.3) is 11.8 Å². The van der Waals surface area contributed by atoms with Crippen molar-refractivity contribution in [2.45, 2.75) is 19.4 Å². The summed E-state index contributed by atoms with van der Waals surface area (Å²) in [4.78, 5) is 31.5. The number of carbonyl (C=O) groups is 2. The summed E-state index contributed by atoms with van der Waals surface area (Å²) in [6, 6.07) is 5.20. The molecule has 0 aliphatic carbocycles. The summed E-state index contributed by atoms with van der Waals surface area (Å²) < 4.78 is 0. The molecule has 126 valence electrons. The van der Waals surface area contributed by atoms with E-state index < -0.39 is 0 Å². The van der Waals surface area contributed by atoms with Gasteiger partial charge in [0.2, 0.25) is 0 Å². The Labute approximate surface area is 144 Å². The van der Waals surface area contributed by atoms with Crippen LogP contribution in [-0.4, -0.2) is 40.8 Å². The number of nitrogens with two attached hydrogens (primary N) is 1. The average Bonchev–Trinajstić information content (AvgIpc) is 3.21. The third-order valence-corrected chi connectivity index (χ3v) is 5.21. The quantitative estimate of drug-likeness (QED) is 0.890. The molecule has 1 aliphatic rings. The second kappa shape index (κ2) is 7.11. The number of likely N-dealkylation sites (tertiary alicyclic amines) is 1. The number of nitrogens with one attached hydrogen (secondary N) is 1. The van der Waals surface area contributed by atoms with Crippen LogP contribution in [0.1, 0.15) is 33.4 Å². The molecule has 0 saturated carbocycles. The Morgan fingerprint density at radius 1 is 1.38 bits per heavy atom. The molecule has 2 aromatic rings. The van der Waals surface area contributed by atoms with Gasteiger partial charge in [0.1, 0.15) is 4.88 Å². The van der Waals surface area contributed by atoms with Gasteiger partial charge in [-0.1, -0.05) is 0 Å². The maximum atomic E-state index is 12.9. The van der Waals surface area contributed by atoms with Crippen molar-refractivity contribution < 1.29 is 9.59 Å². The molecule has 2 amide bonds. The van der Waals surface area contributed by atoms with E-state index in [0.29, 0.717) is 35.1 Å². The summed E-state index contributed by atoms with van der Waals surface area (Å²) in [5, 5.41) is 4.64. The Kier molecular flexibility index (Phi) is 4.92. The third-order valence-electron chi connectivity index (χ3n) is 4.31. The lowest BCUT2D eigenvalue weighted by Gasteiger charge is -2.21. The Bertz CT molecular complexity index is 731. The fraction of sp³-hybridized carbons (Fsp3) is 0.353. The zero-order valence-electron chi connectivity index (χ0n) is 13.4. The smallest absolute Gasteiger partial charge is 0.266 e. The largest absolute Gasteiger partial charge is 0.335 e. The molecule has 6 nitrogen and oxygen atoms in total. The maximum Gasteiger partial charge on any atom is 0.266 e. The molecule has 2 aromatic heterocycles. The lowest BCUT2D eigenvalue weighted by atomic mass is 10.1. The molecular formula is C17H20N4O2S. The molecule has 24 heavy (non-hydrogen) atoms. The highest BCUT2D eigenvalue weighted by molar-refractivity contribution is 7.12. The highest BCUT2D eigenvalue weighted by atomic mass is 32.1. The van der Waals surface area contributed by atoms with Crippen LogP contribution in [0.25, 0.3) is 0 Å². The minimum atomic E-state index is -0.251. The van der Waals surface area contributed by atoms with E-state index in [9.17, 15) is 9.59 Å². The average molecular weight is 344 g/mol. The third kappa shape index (κ3) is 3.32. The van der Waals surface area contributed by atoms with E-state index >= 15 is 0 Å². The summed E-state index contributed by atoms with van der Waals surface area (Å²) in [5.41, 5.74) is 6.80. The first-order valence-corrected chi connectivity index (χ1v) is 8.78. The van der Waals surface area contributed by atoms with Crippen molar-refractivity contribution in [3.05, 3.63) is 46.4 Å². The Hall–Kier alpha value is -2.25. The van der Waals surface area contributed by atoms with Gasteiger partial charge in [-0.3, -0.25) is 14.6 Å². The van der Waals surface area contributed by atoms with E-state index in [0.717, 1.165) is 6.42 Å². The van der Waals surface area contributed by atoms with E-state index in [1.54, 1.807) is 30.6 Å². The molecule has 0 aromatic carbocycles. The molecule has 1 aliphatic heterocycles. The van der Waals surface area contributed by atoms with Gasteiger partial charge in [0, 0.05) is 30.5 Å². The van der Waals surface area contributed by atoms with Crippen LogP contribution in [0.15, 0.2) is 36.0 Å². The molecule has 1 saturated heterocycles. The second-order valence-corrected chi connectivity index (χ2v) is 6.91. The number of amides is 2. The van der Waals surface area contributed by atoms with Gasteiger partial charge in [-0.15, -0.1) is 11.3 Å². The normalized spacial score (nSPS) is 20.2. The number of thiophene rings is 1. The molecule has 2 atom stereocenters. The fourth-order valence-corrected chi connectivity index (χ4v) is 3.80. The highest BCUT2D eigenvalue weighted by Gasteiger charge is 2.33. The van der Waals surface area contributed by atoms with Gasteiger partial charge in [0.05, 0.1) is 5.69 Å². The van der Waals surface area contributed by atoms with Crippen LogP contribution in [0.3, 0.4) is 0 Å². The van der Waals surface area contributed by atoms with Gasteiger partial charge in [-0.05, 0) is 49.4 Å². The first-order valence-electron chi connectivity index (χ1n) is 7.90. The van der Waals surface area contributed by atoms with Crippen LogP contribution in [-0.2, 0) is 0 Å². The van der Waals surface area contributed by atoms with Gasteiger partial charge in [-0.2, -0.15) is 0 Å². The molecule has 2 unspecified atom stereocenters. The molecule has 3 N–H and O–H groups in total. The van der Waals surface area contributed by atoms with Crippen molar-refractivity contribution in [2.24, 2.45) is 11.7 Å². The Morgan fingerprint density at radius 2 is 2.12 bits per heavy atom. The summed E-state index contributed by atoms with van der Waals surface area (Å²) in [5.74, 6) is 0.0522. The van der Waals surface area contributed by atoms with Crippen molar-refractivity contribution in [1.82, 2.24) is 9.88 Å². The number of hydrogen-bond acceptors (Lipinski definition) is 5. The summed E-state index contributed by atoms with van der Waals surface area (Å²) in [6.07, 6.45) is 4.05. The molecule has 1 fully saturated rings. The van der Waals surface area contributed by atoms with Gasteiger partial charge < -0.3 is 16.0 Å². The lowest BCUT2D eigenvalue weighted by Crippen LogP contribution is -2.34. The van der Waals surface area contributed by atoms with Gasteiger partial charge >= 0.3 is 0 Å². The first kappa shape index (κ1) is 16.6. The molecule has 3 heterocycles. The Balaban J connectivity index is 1.76. The number of aromatic nitrogens is 1. The van der Waals surface area contributed by atoms with Crippen LogP contribution in [0, 0.1) is 5.92 Å². The van der Waals surface area contributed by atoms with E-state index in [1.807, 2.05) is 17.2 Å². The molecule has 3 rings (SSSR count). The zero-order chi connectivity index (χ0) is 17.1. The van der Waals surface area contributed by atoms with E-state index in [-0.39, 0.29) is 17.9 Å². The molecule has 0 bridgehead atoms. The molecular weight excluding hydrogens is 324 g/mol. The second-order valence-electron chi connectivity index (χ2n) is 6.00. The van der Waals surface area contributed by atoms with Crippen LogP contribution >= 0.6 is 11.3 Å². The van der Waals surface area contributed by atoms with Crippen molar-refractivity contribution in [3.63, 3.8) is 0 Å². The van der Waals surface area contributed by atoms with E-state index in [2.05, 4.69) is 10.3 Å². The zero-order valence-corrected chi connectivity index (χ0v) is 14.3.